The average Bonchev–Trinajstić information content (AvgIpc) is 2.90. The number of carbonyl (C=O) groups is 1. The lowest BCUT2D eigenvalue weighted by Gasteiger charge is -2.15. The number of hydrogen-bond donors (Lipinski definition) is 2. The van der Waals surface area contributed by atoms with Crippen molar-refractivity contribution in [2.75, 3.05) is 11.1 Å². The fourth-order valence-electron chi connectivity index (χ4n) is 4.02. The number of amides is 1. The van der Waals surface area contributed by atoms with E-state index < -0.39 is 0 Å². The molecule has 3 N–H and O–H groups in total. The quantitative estimate of drug-likeness (QED) is 0.211. The number of hydrogen-bond acceptors (Lipinski definition) is 4. The molecule has 4 aromatic carbocycles. The predicted molar refractivity (Wildman–Crippen MR) is 142 cm³/mol. The van der Waals surface area contributed by atoms with Crippen molar-refractivity contribution in [3.8, 4) is 33.8 Å². The lowest BCUT2D eigenvalue weighted by Crippen LogP contribution is -2.07. The maximum Gasteiger partial charge on any atom is 0.247 e. The van der Waals surface area contributed by atoms with Crippen molar-refractivity contribution < 1.29 is 9.53 Å². The van der Waals surface area contributed by atoms with Crippen molar-refractivity contribution in [1.29, 1.82) is 0 Å². The number of pyridine rings is 1. The molecule has 5 heteroatoms. The van der Waals surface area contributed by atoms with Gasteiger partial charge in [-0.3, -0.25) is 9.78 Å². The van der Waals surface area contributed by atoms with Gasteiger partial charge in [0.2, 0.25) is 5.91 Å². The number of aromatic nitrogens is 1. The molecule has 0 aliphatic heterocycles. The first-order valence-electron chi connectivity index (χ1n) is 11.2. The van der Waals surface area contributed by atoms with Crippen LogP contribution in [0.5, 0.6) is 11.5 Å². The van der Waals surface area contributed by atoms with E-state index in [0.717, 1.165) is 44.7 Å². The van der Waals surface area contributed by atoms with Gasteiger partial charge in [0.05, 0.1) is 5.52 Å². The van der Waals surface area contributed by atoms with Gasteiger partial charge in [-0.2, -0.15) is 0 Å². The molecule has 1 heterocycles. The Labute approximate surface area is 203 Å². The molecule has 0 aliphatic rings. The zero-order valence-corrected chi connectivity index (χ0v) is 18.9. The molecule has 1 aromatic heterocycles. The fourth-order valence-corrected chi connectivity index (χ4v) is 4.02. The molecule has 170 valence electrons. The first-order valence-corrected chi connectivity index (χ1v) is 11.2. The molecule has 0 saturated heterocycles. The number of rotatable bonds is 6. The molecule has 1 amide bonds. The molecule has 0 bridgehead atoms. The number of para-hydroxylation sites is 1. The fraction of sp³-hybridized carbons (Fsp3) is 0. The second-order valence-electron chi connectivity index (χ2n) is 8.00. The van der Waals surface area contributed by atoms with Crippen molar-refractivity contribution in [1.82, 2.24) is 4.98 Å². The van der Waals surface area contributed by atoms with Crippen molar-refractivity contribution in [3.05, 3.63) is 116 Å². The second-order valence-corrected chi connectivity index (χ2v) is 8.00. The van der Waals surface area contributed by atoms with E-state index in [0.29, 0.717) is 11.4 Å². The molecule has 0 fully saturated rings. The van der Waals surface area contributed by atoms with Crippen molar-refractivity contribution in [2.45, 2.75) is 0 Å². The normalized spacial score (nSPS) is 10.6. The molecule has 5 nitrogen and oxygen atoms in total. The number of benzene rings is 4. The van der Waals surface area contributed by atoms with Crippen LogP contribution in [0.3, 0.4) is 0 Å². The minimum Gasteiger partial charge on any atom is -0.457 e. The molecule has 0 radical (unpaired) electrons. The highest BCUT2D eigenvalue weighted by Gasteiger charge is 2.14. The topological polar surface area (TPSA) is 77.2 Å². The Bertz CT molecular complexity index is 1530. The summed E-state index contributed by atoms with van der Waals surface area (Å²) in [5.74, 6) is 1.26. The smallest absolute Gasteiger partial charge is 0.247 e. The van der Waals surface area contributed by atoms with Crippen LogP contribution in [-0.2, 0) is 4.79 Å². The molecular weight excluding hydrogens is 434 g/mol. The van der Waals surface area contributed by atoms with Gasteiger partial charge in [-0.25, -0.2) is 0 Å². The lowest BCUT2D eigenvalue weighted by atomic mass is 9.93. The summed E-state index contributed by atoms with van der Waals surface area (Å²) in [6, 6.07) is 31.1. The van der Waals surface area contributed by atoms with Gasteiger partial charge in [0.25, 0.3) is 0 Å². The van der Waals surface area contributed by atoms with Gasteiger partial charge < -0.3 is 15.8 Å². The van der Waals surface area contributed by atoms with Crippen LogP contribution in [0.15, 0.2) is 116 Å². The Hall–Kier alpha value is -4.90. The predicted octanol–water partition coefficient (Wildman–Crippen LogP) is 7.07. The summed E-state index contributed by atoms with van der Waals surface area (Å²) in [4.78, 5) is 16.4. The third kappa shape index (κ3) is 4.61. The summed E-state index contributed by atoms with van der Waals surface area (Å²) >= 11 is 0. The van der Waals surface area contributed by atoms with E-state index in [1.807, 2.05) is 97.1 Å². The Morgan fingerprint density at radius 3 is 2.37 bits per heavy atom. The van der Waals surface area contributed by atoms with Crippen molar-refractivity contribution in [3.63, 3.8) is 0 Å². The van der Waals surface area contributed by atoms with E-state index in [-0.39, 0.29) is 5.91 Å². The Kier molecular flexibility index (Phi) is 5.97. The van der Waals surface area contributed by atoms with Crippen LogP contribution in [0.4, 0.5) is 11.4 Å². The summed E-state index contributed by atoms with van der Waals surface area (Å²) in [5.41, 5.74) is 12.5. The lowest BCUT2D eigenvalue weighted by molar-refractivity contribution is -0.111. The van der Waals surface area contributed by atoms with E-state index in [4.69, 9.17) is 10.5 Å². The number of nitrogen functional groups attached to an aromatic ring is 1. The average molecular weight is 458 g/mol. The van der Waals surface area contributed by atoms with Crippen molar-refractivity contribution >= 4 is 28.2 Å². The monoisotopic (exact) mass is 457 g/mol. The number of nitrogens with one attached hydrogen (secondary N) is 1. The Morgan fingerprint density at radius 1 is 0.829 bits per heavy atom. The second kappa shape index (κ2) is 9.53. The van der Waals surface area contributed by atoms with E-state index >= 15 is 0 Å². The maximum atomic E-state index is 11.8. The Morgan fingerprint density at radius 2 is 1.60 bits per heavy atom. The SMILES string of the molecule is C=CC(=O)Nc1cccc(-c2cc(-c3ccc(Oc4ccccc4)cc3)c(N)c3cccnc23)c1. The highest BCUT2D eigenvalue weighted by atomic mass is 16.5. The zero-order valence-electron chi connectivity index (χ0n) is 18.9. The van der Waals surface area contributed by atoms with Crippen LogP contribution >= 0.6 is 0 Å². The first-order chi connectivity index (χ1) is 17.1. The van der Waals surface area contributed by atoms with Crippen LogP contribution in [0.25, 0.3) is 33.2 Å². The summed E-state index contributed by atoms with van der Waals surface area (Å²) < 4.78 is 5.93. The number of carbonyl (C=O) groups excluding carboxylic acids is 1. The molecule has 0 spiro atoms. The zero-order chi connectivity index (χ0) is 24.2. The van der Waals surface area contributed by atoms with Crippen LogP contribution in [-0.4, -0.2) is 10.9 Å². The van der Waals surface area contributed by atoms with Crippen LogP contribution in [0.1, 0.15) is 0 Å². The van der Waals surface area contributed by atoms with E-state index in [1.54, 1.807) is 6.20 Å². The summed E-state index contributed by atoms with van der Waals surface area (Å²) in [5, 5.41) is 3.68. The standard InChI is InChI=1S/C30H23N3O2/c1-2-28(34)33-22-9-6-8-21(18-22)27-19-26(29(31)25-12-7-17-32-30(25)27)20-13-15-24(16-14-20)35-23-10-4-3-5-11-23/h2-19H,1,31H2,(H,33,34). The van der Waals surface area contributed by atoms with Gasteiger partial charge in [-0.05, 0) is 71.8 Å². The molecule has 5 rings (SSSR count). The molecule has 0 unspecified atom stereocenters. The highest BCUT2D eigenvalue weighted by molar-refractivity contribution is 6.07. The molecule has 35 heavy (non-hydrogen) atoms. The summed E-state index contributed by atoms with van der Waals surface area (Å²) in [7, 11) is 0. The van der Waals surface area contributed by atoms with E-state index in [1.165, 1.54) is 6.08 Å². The largest absolute Gasteiger partial charge is 0.457 e. The maximum absolute atomic E-state index is 11.8. The van der Waals surface area contributed by atoms with E-state index in [9.17, 15) is 4.79 Å². The van der Waals surface area contributed by atoms with Gasteiger partial charge in [0, 0.05) is 34.1 Å². The number of anilines is 2. The molecular formula is C30H23N3O2. The van der Waals surface area contributed by atoms with Crippen LogP contribution in [0.2, 0.25) is 0 Å². The Balaban J connectivity index is 1.58. The van der Waals surface area contributed by atoms with Gasteiger partial charge in [-0.1, -0.05) is 49.0 Å². The number of nitrogens with two attached hydrogens (primary N) is 1. The van der Waals surface area contributed by atoms with Gasteiger partial charge >= 0.3 is 0 Å². The first kappa shape index (κ1) is 21.9. The number of nitrogens with zero attached hydrogens (tertiary/aromatic N) is 1. The third-order valence-corrected chi connectivity index (χ3v) is 5.70. The van der Waals surface area contributed by atoms with Crippen LogP contribution < -0.4 is 15.8 Å². The number of ether oxygens (including phenoxy) is 1. The minimum atomic E-state index is -0.263. The van der Waals surface area contributed by atoms with E-state index in [2.05, 4.69) is 16.9 Å². The molecule has 0 atom stereocenters. The summed E-state index contributed by atoms with van der Waals surface area (Å²) in [6.07, 6.45) is 3.00. The molecule has 5 aromatic rings. The third-order valence-electron chi connectivity index (χ3n) is 5.70. The highest BCUT2D eigenvalue weighted by Crippen LogP contribution is 2.39. The van der Waals surface area contributed by atoms with Crippen LogP contribution in [0, 0.1) is 0 Å². The van der Waals surface area contributed by atoms with Gasteiger partial charge in [0.1, 0.15) is 11.5 Å². The minimum absolute atomic E-state index is 0.263. The van der Waals surface area contributed by atoms with Crippen molar-refractivity contribution in [2.24, 2.45) is 0 Å². The van der Waals surface area contributed by atoms with Gasteiger partial charge in [0.15, 0.2) is 0 Å². The molecule has 0 saturated carbocycles. The summed E-state index contributed by atoms with van der Waals surface area (Å²) in [6.45, 7) is 3.52. The van der Waals surface area contributed by atoms with Gasteiger partial charge in [-0.15, -0.1) is 0 Å². The molecule has 0 aliphatic carbocycles. The number of fused-ring (bicyclic) bond motifs is 1.